The standard InChI is InChI=1S/C29H50N2O/c1-4-5-6-7-8-9-10-11-12-13-14-15-16-17-18-19-21-31-28-24-26(3)25(2)23-27(28)30-29(31)20-22-32/h23-24,32H,4-22H2,1-3H3. The van der Waals surface area contributed by atoms with E-state index in [4.69, 9.17) is 4.98 Å². The molecule has 3 nitrogen and oxygen atoms in total. The van der Waals surface area contributed by atoms with Crippen LogP contribution in [0.25, 0.3) is 11.0 Å². The second kappa shape index (κ2) is 16.3. The molecule has 0 aliphatic heterocycles. The number of aromatic nitrogens is 2. The maximum absolute atomic E-state index is 9.44. The van der Waals surface area contributed by atoms with Crippen LogP contribution in [-0.2, 0) is 13.0 Å². The lowest BCUT2D eigenvalue weighted by atomic mass is 10.0. The molecule has 1 aromatic heterocycles. The van der Waals surface area contributed by atoms with Crippen molar-refractivity contribution in [1.29, 1.82) is 0 Å². The van der Waals surface area contributed by atoms with E-state index in [0.717, 1.165) is 17.9 Å². The van der Waals surface area contributed by atoms with Crippen molar-refractivity contribution in [2.45, 2.75) is 136 Å². The van der Waals surface area contributed by atoms with E-state index in [9.17, 15) is 5.11 Å². The quantitative estimate of drug-likeness (QED) is 0.222. The molecule has 0 spiro atoms. The van der Waals surface area contributed by atoms with Crippen LogP contribution in [-0.4, -0.2) is 21.3 Å². The number of aliphatic hydroxyl groups excluding tert-OH is 1. The number of hydrogen-bond acceptors (Lipinski definition) is 2. The molecule has 0 saturated heterocycles. The molecule has 0 aliphatic rings. The van der Waals surface area contributed by atoms with Crippen LogP contribution in [0.2, 0.25) is 0 Å². The smallest absolute Gasteiger partial charge is 0.112 e. The molecule has 1 aromatic carbocycles. The molecule has 3 heteroatoms. The van der Waals surface area contributed by atoms with Crippen molar-refractivity contribution >= 4 is 11.0 Å². The first-order chi connectivity index (χ1) is 15.7. The first kappa shape index (κ1) is 26.9. The summed E-state index contributed by atoms with van der Waals surface area (Å²) < 4.78 is 2.35. The number of fused-ring (bicyclic) bond motifs is 1. The Balaban J connectivity index is 1.53. The Hall–Kier alpha value is -1.35. The number of imidazole rings is 1. The number of aryl methyl sites for hydroxylation is 3. The largest absolute Gasteiger partial charge is 0.396 e. The normalized spacial score (nSPS) is 11.6. The maximum atomic E-state index is 9.44. The summed E-state index contributed by atoms with van der Waals surface area (Å²) in [6.07, 6.45) is 23.0. The third-order valence-corrected chi connectivity index (χ3v) is 7.01. The minimum Gasteiger partial charge on any atom is -0.396 e. The number of unbranched alkanes of at least 4 members (excludes halogenated alkanes) is 15. The lowest BCUT2D eigenvalue weighted by molar-refractivity contribution is 0.294. The average Bonchev–Trinajstić information content (AvgIpc) is 3.10. The van der Waals surface area contributed by atoms with Crippen molar-refractivity contribution in [3.63, 3.8) is 0 Å². The van der Waals surface area contributed by atoms with Crippen LogP contribution in [0.5, 0.6) is 0 Å². The molecule has 32 heavy (non-hydrogen) atoms. The average molecular weight is 443 g/mol. The predicted molar refractivity (Wildman–Crippen MR) is 140 cm³/mol. The second-order valence-corrected chi connectivity index (χ2v) is 9.88. The van der Waals surface area contributed by atoms with E-state index in [1.54, 1.807) is 0 Å². The molecule has 0 bridgehead atoms. The molecular weight excluding hydrogens is 392 g/mol. The van der Waals surface area contributed by atoms with Gasteiger partial charge in [-0.1, -0.05) is 103 Å². The molecule has 1 heterocycles. The van der Waals surface area contributed by atoms with E-state index in [2.05, 4.69) is 37.5 Å². The Morgan fingerprint density at radius 1 is 0.688 bits per heavy atom. The van der Waals surface area contributed by atoms with Crippen LogP contribution < -0.4 is 0 Å². The third-order valence-electron chi connectivity index (χ3n) is 7.01. The molecule has 2 aromatic rings. The Labute approximate surface area is 198 Å². The van der Waals surface area contributed by atoms with Gasteiger partial charge in [0, 0.05) is 13.0 Å². The highest BCUT2D eigenvalue weighted by molar-refractivity contribution is 5.78. The summed E-state index contributed by atoms with van der Waals surface area (Å²) in [6, 6.07) is 4.46. The Morgan fingerprint density at radius 3 is 1.66 bits per heavy atom. The summed E-state index contributed by atoms with van der Waals surface area (Å²) in [5.74, 6) is 1.04. The van der Waals surface area contributed by atoms with Gasteiger partial charge in [0.25, 0.3) is 0 Å². The Bertz CT molecular complexity index is 749. The first-order valence-electron chi connectivity index (χ1n) is 13.7. The second-order valence-electron chi connectivity index (χ2n) is 9.88. The highest BCUT2D eigenvalue weighted by Crippen LogP contribution is 2.22. The van der Waals surface area contributed by atoms with Crippen molar-refractivity contribution in [2.24, 2.45) is 0 Å². The SMILES string of the molecule is CCCCCCCCCCCCCCCCCCn1c(CCO)nc2cc(C)c(C)cc21. The zero-order valence-electron chi connectivity index (χ0n) is 21.4. The molecule has 2 rings (SSSR count). The van der Waals surface area contributed by atoms with Crippen molar-refractivity contribution in [3.05, 3.63) is 29.1 Å². The molecule has 0 saturated carbocycles. The van der Waals surface area contributed by atoms with E-state index in [-0.39, 0.29) is 6.61 Å². The fourth-order valence-corrected chi connectivity index (χ4v) is 4.79. The molecule has 0 atom stereocenters. The summed E-state index contributed by atoms with van der Waals surface area (Å²) in [5, 5.41) is 9.44. The maximum Gasteiger partial charge on any atom is 0.112 e. The zero-order valence-corrected chi connectivity index (χ0v) is 21.4. The summed E-state index contributed by atoms with van der Waals surface area (Å²) in [5.41, 5.74) is 4.92. The van der Waals surface area contributed by atoms with Crippen LogP contribution in [0.3, 0.4) is 0 Å². The van der Waals surface area contributed by atoms with Gasteiger partial charge in [0.15, 0.2) is 0 Å². The molecule has 0 aliphatic carbocycles. The van der Waals surface area contributed by atoms with Gasteiger partial charge in [-0.05, 0) is 43.5 Å². The van der Waals surface area contributed by atoms with E-state index < -0.39 is 0 Å². The van der Waals surface area contributed by atoms with Crippen molar-refractivity contribution in [3.8, 4) is 0 Å². The fraction of sp³-hybridized carbons (Fsp3) is 0.759. The fourth-order valence-electron chi connectivity index (χ4n) is 4.79. The minimum absolute atomic E-state index is 0.167. The molecule has 1 N–H and O–H groups in total. The number of nitrogens with zero attached hydrogens (tertiary/aromatic N) is 2. The highest BCUT2D eigenvalue weighted by Gasteiger charge is 2.11. The van der Waals surface area contributed by atoms with E-state index in [0.29, 0.717) is 6.42 Å². The van der Waals surface area contributed by atoms with Crippen LogP contribution in [0, 0.1) is 13.8 Å². The third kappa shape index (κ3) is 9.65. The molecule has 0 amide bonds. The highest BCUT2D eigenvalue weighted by atomic mass is 16.3. The molecule has 0 radical (unpaired) electrons. The van der Waals surface area contributed by atoms with Gasteiger partial charge in [0.2, 0.25) is 0 Å². The van der Waals surface area contributed by atoms with Crippen LogP contribution in [0.1, 0.15) is 127 Å². The van der Waals surface area contributed by atoms with E-state index >= 15 is 0 Å². The van der Waals surface area contributed by atoms with Crippen LogP contribution in [0.4, 0.5) is 0 Å². The van der Waals surface area contributed by atoms with Gasteiger partial charge in [-0.15, -0.1) is 0 Å². The van der Waals surface area contributed by atoms with Crippen molar-refractivity contribution in [1.82, 2.24) is 9.55 Å². The lowest BCUT2D eigenvalue weighted by Gasteiger charge is -2.09. The molecule has 0 fully saturated rings. The van der Waals surface area contributed by atoms with E-state index in [1.807, 2.05) is 0 Å². The summed E-state index contributed by atoms with van der Waals surface area (Å²) in [7, 11) is 0. The van der Waals surface area contributed by atoms with Gasteiger partial charge in [0.1, 0.15) is 5.82 Å². The minimum atomic E-state index is 0.167. The van der Waals surface area contributed by atoms with Crippen molar-refractivity contribution in [2.75, 3.05) is 6.61 Å². The topological polar surface area (TPSA) is 38.0 Å². The number of benzene rings is 1. The lowest BCUT2D eigenvalue weighted by Crippen LogP contribution is -2.06. The van der Waals surface area contributed by atoms with Crippen LogP contribution >= 0.6 is 0 Å². The van der Waals surface area contributed by atoms with Gasteiger partial charge in [-0.25, -0.2) is 4.98 Å². The summed E-state index contributed by atoms with van der Waals surface area (Å²) in [4.78, 5) is 4.80. The van der Waals surface area contributed by atoms with Gasteiger partial charge in [0.05, 0.1) is 17.6 Å². The molecule has 0 unspecified atom stereocenters. The number of rotatable bonds is 19. The zero-order chi connectivity index (χ0) is 23.0. The predicted octanol–water partition coefficient (Wildman–Crippen LogP) is 8.45. The van der Waals surface area contributed by atoms with Gasteiger partial charge in [-0.3, -0.25) is 0 Å². The van der Waals surface area contributed by atoms with Gasteiger partial charge in [-0.2, -0.15) is 0 Å². The number of aliphatic hydroxyl groups is 1. The van der Waals surface area contributed by atoms with Crippen LogP contribution in [0.15, 0.2) is 12.1 Å². The summed E-state index contributed by atoms with van der Waals surface area (Å²) in [6.45, 7) is 7.80. The Morgan fingerprint density at radius 2 is 1.16 bits per heavy atom. The van der Waals surface area contributed by atoms with E-state index in [1.165, 1.54) is 119 Å². The number of hydrogen-bond donors (Lipinski definition) is 1. The van der Waals surface area contributed by atoms with Crippen molar-refractivity contribution < 1.29 is 5.11 Å². The molecule has 182 valence electrons. The Kier molecular flexibility index (Phi) is 13.7. The first-order valence-corrected chi connectivity index (χ1v) is 13.7. The van der Waals surface area contributed by atoms with Gasteiger partial charge < -0.3 is 9.67 Å². The summed E-state index contributed by atoms with van der Waals surface area (Å²) >= 11 is 0. The monoisotopic (exact) mass is 442 g/mol. The van der Waals surface area contributed by atoms with Gasteiger partial charge >= 0.3 is 0 Å². The molecular formula is C29H50N2O.